The number of benzene rings is 2. The molecule has 27 heavy (non-hydrogen) atoms. The highest BCUT2D eigenvalue weighted by atomic mass is 35.5. The van der Waals surface area contributed by atoms with Crippen LogP contribution in [-0.2, 0) is 10.5 Å². The topological polar surface area (TPSA) is 54.9 Å². The van der Waals surface area contributed by atoms with Gasteiger partial charge in [0.25, 0.3) is 0 Å². The highest BCUT2D eigenvalue weighted by Crippen LogP contribution is 2.31. The van der Waals surface area contributed by atoms with Crippen molar-refractivity contribution >= 4 is 69.7 Å². The third kappa shape index (κ3) is 6.12. The van der Waals surface area contributed by atoms with Crippen LogP contribution in [0.3, 0.4) is 0 Å². The Labute approximate surface area is 180 Å². The van der Waals surface area contributed by atoms with Crippen LogP contribution in [0, 0.1) is 6.92 Å². The number of amides is 1. The average molecular weight is 456 g/mol. The van der Waals surface area contributed by atoms with Crippen molar-refractivity contribution < 1.29 is 4.79 Å². The smallest absolute Gasteiger partial charge is 0.234 e. The van der Waals surface area contributed by atoms with Gasteiger partial charge in [-0.25, -0.2) is 0 Å². The summed E-state index contributed by atoms with van der Waals surface area (Å²) in [5.41, 5.74) is 2.75. The van der Waals surface area contributed by atoms with Gasteiger partial charge in [-0.05, 0) is 42.3 Å². The number of thioether (sulfide) groups is 2. The molecule has 0 fully saturated rings. The van der Waals surface area contributed by atoms with Crippen molar-refractivity contribution in [1.29, 1.82) is 0 Å². The molecule has 0 saturated carbocycles. The van der Waals surface area contributed by atoms with Gasteiger partial charge in [0.2, 0.25) is 5.91 Å². The second-order valence-corrected chi connectivity index (χ2v) is 9.76. The number of nitrogens with zero attached hydrogens (tertiary/aromatic N) is 2. The zero-order valence-electron chi connectivity index (χ0n) is 14.2. The third-order valence-corrected chi connectivity index (χ3v) is 7.45. The van der Waals surface area contributed by atoms with Crippen LogP contribution < -0.4 is 5.32 Å². The Morgan fingerprint density at radius 2 is 1.78 bits per heavy atom. The molecular weight excluding hydrogens is 441 g/mol. The molecule has 4 nitrogen and oxygen atoms in total. The molecule has 1 aromatic heterocycles. The quantitative estimate of drug-likeness (QED) is 0.431. The maximum Gasteiger partial charge on any atom is 0.234 e. The van der Waals surface area contributed by atoms with Crippen molar-refractivity contribution in [3.8, 4) is 0 Å². The number of hydrogen-bond acceptors (Lipinski definition) is 6. The minimum atomic E-state index is -0.101. The number of halogens is 2. The Morgan fingerprint density at radius 3 is 2.52 bits per heavy atom. The highest BCUT2D eigenvalue weighted by molar-refractivity contribution is 8.03. The van der Waals surface area contributed by atoms with E-state index in [9.17, 15) is 4.79 Å². The van der Waals surface area contributed by atoms with Crippen LogP contribution in [0.25, 0.3) is 0 Å². The number of hydrogen-bond donors (Lipinski definition) is 1. The van der Waals surface area contributed by atoms with Crippen LogP contribution in [0.15, 0.2) is 51.1 Å². The maximum absolute atomic E-state index is 12.2. The van der Waals surface area contributed by atoms with Crippen LogP contribution in [0.1, 0.15) is 11.1 Å². The van der Waals surface area contributed by atoms with Gasteiger partial charge in [0.1, 0.15) is 0 Å². The predicted octanol–water partition coefficient (Wildman–Crippen LogP) is 6.18. The first kappa shape index (κ1) is 20.5. The van der Waals surface area contributed by atoms with Gasteiger partial charge in [0.05, 0.1) is 5.75 Å². The largest absolute Gasteiger partial charge is 0.325 e. The number of nitrogens with one attached hydrogen (secondary N) is 1. The highest BCUT2D eigenvalue weighted by Gasteiger charge is 2.11. The molecule has 0 radical (unpaired) electrons. The van der Waals surface area contributed by atoms with Gasteiger partial charge in [-0.15, -0.1) is 10.2 Å². The third-order valence-electron chi connectivity index (χ3n) is 3.53. The van der Waals surface area contributed by atoms with Gasteiger partial charge in [-0.3, -0.25) is 4.79 Å². The Kier molecular flexibility index (Phi) is 7.43. The van der Waals surface area contributed by atoms with Gasteiger partial charge in [0, 0.05) is 21.5 Å². The van der Waals surface area contributed by atoms with Crippen molar-refractivity contribution in [1.82, 2.24) is 10.2 Å². The standard InChI is InChI=1S/C18H15Cl2N3OS3/c1-11-14(20)3-2-4-15(11)21-16(24)10-26-18-23-22-17(27-18)25-9-12-5-7-13(19)8-6-12/h2-8H,9-10H2,1H3,(H,21,24). The average Bonchev–Trinajstić information content (AvgIpc) is 3.11. The minimum absolute atomic E-state index is 0.101. The fraction of sp³-hybridized carbons (Fsp3) is 0.167. The Morgan fingerprint density at radius 1 is 1.07 bits per heavy atom. The van der Waals surface area contributed by atoms with Crippen LogP contribution in [0.4, 0.5) is 5.69 Å². The second kappa shape index (κ2) is 9.80. The summed E-state index contributed by atoms with van der Waals surface area (Å²) in [4.78, 5) is 12.2. The van der Waals surface area contributed by atoms with Gasteiger partial charge in [0.15, 0.2) is 8.68 Å². The van der Waals surface area contributed by atoms with Crippen molar-refractivity contribution in [3.63, 3.8) is 0 Å². The Balaban J connectivity index is 1.48. The second-order valence-electron chi connectivity index (χ2n) is 5.50. The van der Waals surface area contributed by atoms with E-state index in [0.29, 0.717) is 5.02 Å². The summed E-state index contributed by atoms with van der Waals surface area (Å²) in [5.74, 6) is 0.962. The minimum Gasteiger partial charge on any atom is -0.325 e. The molecule has 1 amide bonds. The summed E-state index contributed by atoms with van der Waals surface area (Å²) in [6, 6.07) is 13.2. The normalized spacial score (nSPS) is 10.8. The lowest BCUT2D eigenvalue weighted by atomic mass is 10.2. The number of aromatic nitrogens is 2. The molecule has 140 valence electrons. The molecule has 0 aliphatic carbocycles. The van der Waals surface area contributed by atoms with Gasteiger partial charge < -0.3 is 5.32 Å². The molecule has 0 unspecified atom stereocenters. The van der Waals surface area contributed by atoms with E-state index < -0.39 is 0 Å². The first-order valence-corrected chi connectivity index (χ1v) is 11.4. The molecule has 1 heterocycles. The molecule has 3 aromatic rings. The fourth-order valence-electron chi connectivity index (χ4n) is 2.10. The molecule has 0 bridgehead atoms. The molecule has 0 aliphatic rings. The predicted molar refractivity (Wildman–Crippen MR) is 116 cm³/mol. The van der Waals surface area contributed by atoms with E-state index in [1.54, 1.807) is 17.8 Å². The number of carbonyl (C=O) groups excluding carboxylic acids is 1. The zero-order chi connectivity index (χ0) is 19.2. The van der Waals surface area contributed by atoms with Crippen LogP contribution in [-0.4, -0.2) is 21.9 Å². The summed E-state index contributed by atoms with van der Waals surface area (Å²) in [6.45, 7) is 1.88. The lowest BCUT2D eigenvalue weighted by Gasteiger charge is -2.08. The lowest BCUT2D eigenvalue weighted by molar-refractivity contribution is -0.113. The number of anilines is 1. The lowest BCUT2D eigenvalue weighted by Crippen LogP contribution is -2.14. The van der Waals surface area contributed by atoms with E-state index in [1.165, 1.54) is 28.7 Å². The monoisotopic (exact) mass is 455 g/mol. The molecule has 0 spiro atoms. The molecule has 0 saturated heterocycles. The van der Waals surface area contributed by atoms with Gasteiger partial charge >= 0.3 is 0 Å². The van der Waals surface area contributed by atoms with Crippen LogP contribution >= 0.6 is 58.1 Å². The van der Waals surface area contributed by atoms with E-state index in [1.807, 2.05) is 43.3 Å². The molecule has 9 heteroatoms. The van der Waals surface area contributed by atoms with E-state index in [4.69, 9.17) is 23.2 Å². The first-order chi connectivity index (χ1) is 13.0. The summed E-state index contributed by atoms with van der Waals surface area (Å²) >= 11 is 16.4. The molecule has 3 rings (SSSR count). The fourth-order valence-corrected chi connectivity index (χ4v) is 5.17. The zero-order valence-corrected chi connectivity index (χ0v) is 18.2. The Bertz CT molecular complexity index is 932. The Hall–Kier alpha value is -1.25. The summed E-state index contributed by atoms with van der Waals surface area (Å²) in [7, 11) is 0. The number of carbonyl (C=O) groups is 1. The van der Waals surface area contributed by atoms with Crippen molar-refractivity contribution in [2.24, 2.45) is 0 Å². The molecule has 0 atom stereocenters. The summed E-state index contributed by atoms with van der Waals surface area (Å²) < 4.78 is 1.64. The van der Waals surface area contributed by atoms with E-state index in [-0.39, 0.29) is 11.7 Å². The first-order valence-electron chi connectivity index (χ1n) is 7.90. The van der Waals surface area contributed by atoms with Gasteiger partial charge in [-0.2, -0.15) is 0 Å². The summed E-state index contributed by atoms with van der Waals surface area (Å²) in [5, 5.41) is 12.5. The van der Waals surface area contributed by atoms with Crippen molar-refractivity contribution in [2.45, 2.75) is 21.4 Å². The molecule has 2 aromatic carbocycles. The van der Waals surface area contributed by atoms with Crippen molar-refractivity contribution in [2.75, 3.05) is 11.1 Å². The van der Waals surface area contributed by atoms with E-state index in [2.05, 4.69) is 15.5 Å². The SMILES string of the molecule is Cc1c(Cl)cccc1NC(=O)CSc1nnc(SCc2ccc(Cl)cc2)s1. The van der Waals surface area contributed by atoms with E-state index in [0.717, 1.165) is 30.7 Å². The van der Waals surface area contributed by atoms with E-state index >= 15 is 0 Å². The summed E-state index contributed by atoms with van der Waals surface area (Å²) in [6.07, 6.45) is 0. The van der Waals surface area contributed by atoms with Gasteiger partial charge in [-0.1, -0.05) is 76.3 Å². The maximum atomic E-state index is 12.2. The molecule has 1 N–H and O–H groups in total. The number of rotatable bonds is 7. The molecular formula is C18H15Cl2N3OS3. The van der Waals surface area contributed by atoms with Crippen LogP contribution in [0.5, 0.6) is 0 Å². The van der Waals surface area contributed by atoms with Crippen molar-refractivity contribution in [3.05, 3.63) is 63.6 Å². The van der Waals surface area contributed by atoms with Crippen LogP contribution in [0.2, 0.25) is 10.0 Å². The molecule has 0 aliphatic heterocycles.